The van der Waals surface area contributed by atoms with Crippen LogP contribution in [0.5, 0.6) is 0 Å². The van der Waals surface area contributed by atoms with Crippen LogP contribution in [-0.2, 0) is 4.74 Å². The standard InChI is InChI=1S/C12H24N2O/c1-15-12(6-8-13)5-2-9-14(10-7-12)11-3-4-11/h11H,2-10,13H2,1H3. The molecule has 0 bridgehead atoms. The van der Waals surface area contributed by atoms with Crippen LogP contribution in [0.4, 0.5) is 0 Å². The van der Waals surface area contributed by atoms with Crippen LogP contribution in [0.3, 0.4) is 0 Å². The summed E-state index contributed by atoms with van der Waals surface area (Å²) in [6, 6.07) is 0.899. The van der Waals surface area contributed by atoms with Gasteiger partial charge in [-0.1, -0.05) is 0 Å². The minimum Gasteiger partial charge on any atom is -0.378 e. The summed E-state index contributed by atoms with van der Waals surface area (Å²) in [5.41, 5.74) is 5.77. The van der Waals surface area contributed by atoms with Crippen molar-refractivity contribution in [2.75, 3.05) is 26.7 Å². The largest absolute Gasteiger partial charge is 0.378 e. The molecule has 0 aromatic rings. The molecule has 3 nitrogen and oxygen atoms in total. The number of nitrogens with two attached hydrogens (primary N) is 1. The van der Waals surface area contributed by atoms with E-state index in [-0.39, 0.29) is 5.60 Å². The van der Waals surface area contributed by atoms with E-state index in [1.165, 1.54) is 38.8 Å². The van der Waals surface area contributed by atoms with Gasteiger partial charge in [0.25, 0.3) is 0 Å². The number of rotatable bonds is 4. The van der Waals surface area contributed by atoms with E-state index in [4.69, 9.17) is 10.5 Å². The molecule has 2 fully saturated rings. The highest BCUT2D eigenvalue weighted by atomic mass is 16.5. The number of ether oxygens (including phenoxy) is 1. The van der Waals surface area contributed by atoms with Crippen LogP contribution >= 0.6 is 0 Å². The van der Waals surface area contributed by atoms with E-state index in [1.807, 2.05) is 7.11 Å². The van der Waals surface area contributed by atoms with Crippen molar-refractivity contribution >= 4 is 0 Å². The second-order valence-electron chi connectivity index (χ2n) is 5.05. The maximum atomic E-state index is 5.74. The molecule has 0 aromatic carbocycles. The van der Waals surface area contributed by atoms with Gasteiger partial charge >= 0.3 is 0 Å². The Bertz CT molecular complexity index is 206. The molecule has 1 saturated heterocycles. The molecule has 0 amide bonds. The first kappa shape index (κ1) is 11.4. The van der Waals surface area contributed by atoms with Gasteiger partial charge in [0.2, 0.25) is 0 Å². The van der Waals surface area contributed by atoms with E-state index in [9.17, 15) is 0 Å². The Balaban J connectivity index is 1.91. The van der Waals surface area contributed by atoms with Crippen molar-refractivity contribution in [2.24, 2.45) is 5.73 Å². The third kappa shape index (κ3) is 2.71. The number of hydrogen-bond donors (Lipinski definition) is 1. The molecule has 0 radical (unpaired) electrons. The molecule has 1 atom stereocenters. The Kier molecular flexibility index (Phi) is 3.65. The lowest BCUT2D eigenvalue weighted by molar-refractivity contribution is -0.0269. The van der Waals surface area contributed by atoms with Crippen LogP contribution < -0.4 is 5.73 Å². The highest BCUT2D eigenvalue weighted by Crippen LogP contribution is 2.34. The zero-order valence-electron chi connectivity index (χ0n) is 9.87. The van der Waals surface area contributed by atoms with Gasteiger partial charge in [-0.25, -0.2) is 0 Å². The first-order valence-electron chi connectivity index (χ1n) is 6.29. The van der Waals surface area contributed by atoms with Crippen LogP contribution in [0.15, 0.2) is 0 Å². The Labute approximate surface area is 93.0 Å². The van der Waals surface area contributed by atoms with Gasteiger partial charge in [-0.15, -0.1) is 0 Å². The Hall–Kier alpha value is -0.120. The number of methoxy groups -OCH3 is 1. The number of hydrogen-bond acceptors (Lipinski definition) is 3. The molecule has 2 aliphatic rings. The van der Waals surface area contributed by atoms with Crippen molar-refractivity contribution in [2.45, 2.75) is 50.2 Å². The van der Waals surface area contributed by atoms with E-state index in [2.05, 4.69) is 4.90 Å². The van der Waals surface area contributed by atoms with Crippen LogP contribution in [0.25, 0.3) is 0 Å². The summed E-state index contributed by atoms with van der Waals surface area (Å²) >= 11 is 0. The van der Waals surface area contributed by atoms with Crippen LogP contribution in [0, 0.1) is 0 Å². The first-order chi connectivity index (χ1) is 7.29. The third-order valence-electron chi connectivity index (χ3n) is 4.03. The molecule has 1 saturated carbocycles. The lowest BCUT2D eigenvalue weighted by Crippen LogP contribution is -2.36. The summed E-state index contributed by atoms with van der Waals surface area (Å²) in [7, 11) is 1.85. The van der Waals surface area contributed by atoms with Crippen LogP contribution in [0.1, 0.15) is 38.5 Å². The predicted octanol–water partition coefficient (Wildman–Crippen LogP) is 1.37. The second kappa shape index (κ2) is 4.81. The lowest BCUT2D eigenvalue weighted by Gasteiger charge is -2.31. The fraction of sp³-hybridized carbons (Fsp3) is 1.00. The molecule has 2 N–H and O–H groups in total. The molecule has 88 valence electrons. The normalized spacial score (nSPS) is 34.0. The average molecular weight is 212 g/mol. The molecule has 1 heterocycles. The summed E-state index contributed by atoms with van der Waals surface area (Å²) in [6.45, 7) is 3.22. The average Bonchev–Trinajstić information content (AvgIpc) is 3.04. The van der Waals surface area contributed by atoms with Gasteiger partial charge in [-0.3, -0.25) is 0 Å². The fourth-order valence-electron chi connectivity index (χ4n) is 2.81. The van der Waals surface area contributed by atoms with Crippen molar-refractivity contribution in [1.29, 1.82) is 0 Å². The molecule has 2 rings (SSSR count). The summed E-state index contributed by atoms with van der Waals surface area (Å²) in [4.78, 5) is 2.65. The van der Waals surface area contributed by atoms with Crippen molar-refractivity contribution < 1.29 is 4.74 Å². The van der Waals surface area contributed by atoms with Gasteiger partial charge in [-0.2, -0.15) is 0 Å². The van der Waals surface area contributed by atoms with Gasteiger partial charge in [-0.05, 0) is 51.6 Å². The van der Waals surface area contributed by atoms with Crippen molar-refractivity contribution in [3.05, 3.63) is 0 Å². The fourth-order valence-corrected chi connectivity index (χ4v) is 2.81. The topological polar surface area (TPSA) is 38.5 Å². The third-order valence-corrected chi connectivity index (χ3v) is 4.03. The minimum absolute atomic E-state index is 0.0817. The van der Waals surface area contributed by atoms with Crippen molar-refractivity contribution in [3.8, 4) is 0 Å². The van der Waals surface area contributed by atoms with Gasteiger partial charge in [0.1, 0.15) is 0 Å². The smallest absolute Gasteiger partial charge is 0.0703 e. The summed E-state index contributed by atoms with van der Waals surface area (Å²) in [5.74, 6) is 0. The maximum absolute atomic E-state index is 5.74. The lowest BCUT2D eigenvalue weighted by atomic mass is 9.91. The van der Waals surface area contributed by atoms with Gasteiger partial charge in [0, 0.05) is 19.7 Å². The quantitative estimate of drug-likeness (QED) is 0.765. The predicted molar refractivity (Wildman–Crippen MR) is 61.9 cm³/mol. The molecule has 1 aliphatic heterocycles. The number of likely N-dealkylation sites (tertiary alicyclic amines) is 1. The SMILES string of the molecule is COC1(CCN)CCCN(C2CC2)CC1. The monoisotopic (exact) mass is 212 g/mol. The zero-order valence-corrected chi connectivity index (χ0v) is 9.87. The Morgan fingerprint density at radius 2 is 2.13 bits per heavy atom. The highest BCUT2D eigenvalue weighted by molar-refractivity contribution is 4.91. The first-order valence-corrected chi connectivity index (χ1v) is 6.29. The molecule has 1 unspecified atom stereocenters. The molecule has 3 heteroatoms. The summed E-state index contributed by atoms with van der Waals surface area (Å²) in [6.07, 6.45) is 7.46. The van der Waals surface area contributed by atoms with Crippen molar-refractivity contribution in [1.82, 2.24) is 4.90 Å². The molecular weight excluding hydrogens is 188 g/mol. The molecule has 0 spiro atoms. The van der Waals surface area contributed by atoms with E-state index in [0.717, 1.165) is 25.4 Å². The Morgan fingerprint density at radius 3 is 2.73 bits per heavy atom. The molecule has 15 heavy (non-hydrogen) atoms. The van der Waals surface area contributed by atoms with Crippen LogP contribution in [0.2, 0.25) is 0 Å². The summed E-state index contributed by atoms with van der Waals surface area (Å²) in [5, 5.41) is 0. The van der Waals surface area contributed by atoms with Gasteiger partial charge < -0.3 is 15.4 Å². The minimum atomic E-state index is 0.0817. The Morgan fingerprint density at radius 1 is 1.33 bits per heavy atom. The van der Waals surface area contributed by atoms with Gasteiger partial charge in [0.15, 0.2) is 0 Å². The number of nitrogens with zero attached hydrogens (tertiary/aromatic N) is 1. The van der Waals surface area contributed by atoms with E-state index >= 15 is 0 Å². The van der Waals surface area contributed by atoms with E-state index in [0.29, 0.717) is 0 Å². The summed E-state index contributed by atoms with van der Waals surface area (Å²) < 4.78 is 5.74. The maximum Gasteiger partial charge on any atom is 0.0703 e. The molecular formula is C12H24N2O. The van der Waals surface area contributed by atoms with E-state index < -0.39 is 0 Å². The van der Waals surface area contributed by atoms with E-state index in [1.54, 1.807) is 0 Å². The second-order valence-corrected chi connectivity index (χ2v) is 5.05. The van der Waals surface area contributed by atoms with Crippen molar-refractivity contribution in [3.63, 3.8) is 0 Å². The highest BCUT2D eigenvalue weighted by Gasteiger charge is 2.36. The van der Waals surface area contributed by atoms with Crippen LogP contribution in [-0.4, -0.2) is 43.3 Å². The molecule has 1 aliphatic carbocycles. The zero-order chi connectivity index (χ0) is 10.7. The van der Waals surface area contributed by atoms with Gasteiger partial charge in [0.05, 0.1) is 5.60 Å². The molecule has 0 aromatic heterocycles.